The second kappa shape index (κ2) is 4.11. The van der Waals surface area contributed by atoms with Crippen LogP contribution < -0.4 is 5.69 Å². The second-order valence-electron chi connectivity index (χ2n) is 3.69. The van der Waals surface area contributed by atoms with Crippen molar-refractivity contribution in [3.63, 3.8) is 0 Å². The van der Waals surface area contributed by atoms with Crippen molar-refractivity contribution in [3.8, 4) is 0 Å². The zero-order valence-electron chi connectivity index (χ0n) is 9.85. The molecule has 9 heteroatoms. The van der Waals surface area contributed by atoms with Crippen molar-refractivity contribution >= 4 is 11.6 Å². The Morgan fingerprint density at radius 1 is 1.37 bits per heavy atom. The van der Waals surface area contributed by atoms with Crippen LogP contribution in [0.2, 0.25) is 0 Å². The fourth-order valence-electron chi connectivity index (χ4n) is 1.66. The molecule has 0 aliphatic carbocycles. The quantitative estimate of drug-likeness (QED) is 0.723. The highest BCUT2D eigenvalue weighted by molar-refractivity contribution is 5.95. The molecule has 102 valence electrons. The molecule has 0 aliphatic heterocycles. The van der Waals surface area contributed by atoms with Crippen LogP contribution in [0, 0.1) is 0 Å². The summed E-state index contributed by atoms with van der Waals surface area (Å²) in [6, 6.07) is 1.57. The Labute approximate surface area is 104 Å². The standard InChI is InChI=1S/C10H8F3N3O3/c1-15-9(18)16-6(10(11,12)13)4-3-5(7(16)14-15)8(17)19-2/h3-4H,1-2H3. The van der Waals surface area contributed by atoms with Gasteiger partial charge in [-0.1, -0.05) is 0 Å². The van der Waals surface area contributed by atoms with E-state index in [2.05, 4.69) is 9.84 Å². The molecule has 19 heavy (non-hydrogen) atoms. The van der Waals surface area contributed by atoms with Crippen LogP contribution in [0.4, 0.5) is 13.2 Å². The number of fused-ring (bicyclic) bond motifs is 1. The van der Waals surface area contributed by atoms with Crippen molar-refractivity contribution in [2.75, 3.05) is 7.11 Å². The summed E-state index contributed by atoms with van der Waals surface area (Å²) in [5.41, 5.74) is -2.80. The lowest BCUT2D eigenvalue weighted by Crippen LogP contribution is -2.24. The van der Waals surface area contributed by atoms with Crippen LogP contribution in [0.25, 0.3) is 5.65 Å². The van der Waals surface area contributed by atoms with Crippen molar-refractivity contribution < 1.29 is 22.7 Å². The predicted molar refractivity (Wildman–Crippen MR) is 56.8 cm³/mol. The lowest BCUT2D eigenvalue weighted by molar-refractivity contribution is -0.142. The van der Waals surface area contributed by atoms with Gasteiger partial charge in [-0.15, -0.1) is 5.10 Å². The number of ether oxygens (including phenoxy) is 1. The van der Waals surface area contributed by atoms with Crippen molar-refractivity contribution in [2.45, 2.75) is 6.18 Å². The third-order valence-electron chi connectivity index (χ3n) is 2.51. The largest absolute Gasteiger partial charge is 0.465 e. The summed E-state index contributed by atoms with van der Waals surface area (Å²) in [5.74, 6) is -0.871. The van der Waals surface area contributed by atoms with Crippen molar-refractivity contribution in [1.29, 1.82) is 0 Å². The normalized spacial score (nSPS) is 11.8. The number of rotatable bonds is 1. The number of esters is 1. The molecule has 2 aromatic heterocycles. The second-order valence-corrected chi connectivity index (χ2v) is 3.69. The van der Waals surface area contributed by atoms with E-state index in [0.717, 1.165) is 17.9 Å². The van der Waals surface area contributed by atoms with Gasteiger partial charge in [-0.3, -0.25) is 0 Å². The summed E-state index contributed by atoms with van der Waals surface area (Å²) in [7, 11) is 2.27. The van der Waals surface area contributed by atoms with Crippen LogP contribution in [-0.4, -0.2) is 27.3 Å². The van der Waals surface area contributed by atoms with Gasteiger partial charge in [0.05, 0.1) is 7.11 Å². The Balaban J connectivity index is 2.92. The van der Waals surface area contributed by atoms with Gasteiger partial charge in [0, 0.05) is 7.05 Å². The van der Waals surface area contributed by atoms with Crippen LogP contribution in [0.1, 0.15) is 16.1 Å². The molecule has 0 saturated carbocycles. The Kier molecular flexibility index (Phi) is 2.84. The van der Waals surface area contributed by atoms with Crippen LogP contribution in [0.3, 0.4) is 0 Å². The van der Waals surface area contributed by atoms with Gasteiger partial charge < -0.3 is 4.74 Å². The molecule has 0 fully saturated rings. The molecule has 6 nitrogen and oxygen atoms in total. The van der Waals surface area contributed by atoms with Gasteiger partial charge in [0.15, 0.2) is 5.65 Å². The summed E-state index contributed by atoms with van der Waals surface area (Å²) in [5, 5.41) is 3.62. The van der Waals surface area contributed by atoms with E-state index >= 15 is 0 Å². The average Bonchev–Trinajstić information content (AvgIpc) is 2.63. The minimum absolute atomic E-state index is 0.215. The number of pyridine rings is 1. The van der Waals surface area contributed by atoms with Gasteiger partial charge in [-0.05, 0) is 12.1 Å². The molecule has 0 aromatic carbocycles. The number of aryl methyl sites for hydroxylation is 1. The topological polar surface area (TPSA) is 65.6 Å². The highest BCUT2D eigenvalue weighted by atomic mass is 19.4. The molecule has 2 heterocycles. The zero-order valence-corrected chi connectivity index (χ0v) is 9.85. The molecular weight excluding hydrogens is 267 g/mol. The number of alkyl halides is 3. The van der Waals surface area contributed by atoms with E-state index in [0.29, 0.717) is 10.5 Å². The minimum atomic E-state index is -4.74. The number of halogens is 3. The maximum Gasteiger partial charge on any atom is 0.431 e. The fourth-order valence-corrected chi connectivity index (χ4v) is 1.66. The Bertz CT molecular complexity index is 714. The summed E-state index contributed by atoms with van der Waals surface area (Å²) in [6.45, 7) is 0. The van der Waals surface area contributed by atoms with E-state index < -0.39 is 29.2 Å². The molecule has 0 spiro atoms. The fraction of sp³-hybridized carbons (Fsp3) is 0.300. The third-order valence-corrected chi connectivity index (χ3v) is 2.51. The van der Waals surface area contributed by atoms with Crippen molar-refractivity contribution in [2.24, 2.45) is 7.05 Å². The highest BCUT2D eigenvalue weighted by Gasteiger charge is 2.35. The lowest BCUT2D eigenvalue weighted by Gasteiger charge is -2.09. The molecule has 2 aromatic rings. The van der Waals surface area contributed by atoms with Crippen LogP contribution in [-0.2, 0) is 18.0 Å². The Hall–Kier alpha value is -2.32. The smallest absolute Gasteiger partial charge is 0.431 e. The van der Waals surface area contributed by atoms with E-state index in [9.17, 15) is 22.8 Å². The van der Waals surface area contributed by atoms with Crippen LogP contribution in [0.15, 0.2) is 16.9 Å². The molecule has 2 rings (SSSR count). The van der Waals surface area contributed by atoms with E-state index in [1.54, 1.807) is 0 Å². The first-order valence-electron chi connectivity index (χ1n) is 5.01. The number of carbonyl (C=O) groups is 1. The summed E-state index contributed by atoms with van der Waals surface area (Å²) < 4.78 is 43.9. The molecule has 0 aliphatic rings. The lowest BCUT2D eigenvalue weighted by atomic mass is 10.2. The first-order valence-corrected chi connectivity index (χ1v) is 5.01. The van der Waals surface area contributed by atoms with Gasteiger partial charge in [-0.2, -0.15) is 13.2 Å². The maximum absolute atomic E-state index is 12.8. The number of nitrogens with zero attached hydrogens (tertiary/aromatic N) is 3. The van der Waals surface area contributed by atoms with E-state index in [4.69, 9.17) is 0 Å². The highest BCUT2D eigenvalue weighted by Crippen LogP contribution is 2.29. The molecule has 0 saturated heterocycles. The number of methoxy groups -OCH3 is 1. The number of aromatic nitrogens is 3. The Morgan fingerprint density at radius 3 is 2.53 bits per heavy atom. The molecule has 0 bridgehead atoms. The molecule has 0 unspecified atom stereocenters. The SMILES string of the molecule is COC(=O)c1ccc(C(F)(F)F)n2c(=O)n(C)nc12. The van der Waals surface area contributed by atoms with Gasteiger partial charge in [0.2, 0.25) is 0 Å². The summed E-state index contributed by atoms with van der Waals surface area (Å²) >= 11 is 0. The van der Waals surface area contributed by atoms with Gasteiger partial charge in [-0.25, -0.2) is 18.7 Å². The molecule has 0 atom stereocenters. The van der Waals surface area contributed by atoms with E-state index in [1.807, 2.05) is 0 Å². The summed E-state index contributed by atoms with van der Waals surface area (Å²) in [6.07, 6.45) is -4.74. The van der Waals surface area contributed by atoms with Gasteiger partial charge in [0.25, 0.3) is 0 Å². The number of hydrogen-bond acceptors (Lipinski definition) is 4. The van der Waals surface area contributed by atoms with Crippen molar-refractivity contribution in [1.82, 2.24) is 14.2 Å². The predicted octanol–water partition coefficient (Wildman–Crippen LogP) is 0.838. The Morgan fingerprint density at radius 2 is 2.00 bits per heavy atom. The maximum atomic E-state index is 12.8. The van der Waals surface area contributed by atoms with Gasteiger partial charge >= 0.3 is 17.8 Å². The van der Waals surface area contributed by atoms with Crippen molar-refractivity contribution in [3.05, 3.63) is 33.9 Å². The first kappa shape index (κ1) is 13.1. The zero-order chi connectivity index (χ0) is 14.4. The molecule has 0 amide bonds. The molecule has 0 radical (unpaired) electrons. The minimum Gasteiger partial charge on any atom is -0.465 e. The number of carbonyl (C=O) groups excluding carboxylic acids is 1. The van der Waals surface area contributed by atoms with Crippen LogP contribution >= 0.6 is 0 Å². The monoisotopic (exact) mass is 275 g/mol. The third kappa shape index (κ3) is 1.96. The summed E-state index contributed by atoms with van der Waals surface area (Å²) in [4.78, 5) is 23.1. The number of hydrogen-bond donors (Lipinski definition) is 0. The molecular formula is C10H8F3N3O3. The van der Waals surface area contributed by atoms with Crippen LogP contribution in [0.5, 0.6) is 0 Å². The molecule has 0 N–H and O–H groups in total. The van der Waals surface area contributed by atoms with Gasteiger partial charge in [0.1, 0.15) is 11.3 Å². The first-order chi connectivity index (χ1) is 8.77. The van der Waals surface area contributed by atoms with E-state index in [-0.39, 0.29) is 5.56 Å². The van der Waals surface area contributed by atoms with E-state index in [1.165, 1.54) is 7.05 Å². The average molecular weight is 275 g/mol.